The van der Waals surface area contributed by atoms with Crippen LogP contribution in [-0.4, -0.2) is 26.7 Å². The Labute approximate surface area is 148 Å². The van der Waals surface area contributed by atoms with Gasteiger partial charge in [-0.15, -0.1) is 0 Å². The lowest BCUT2D eigenvalue weighted by Gasteiger charge is -2.15. The second kappa shape index (κ2) is 7.57. The Hall–Kier alpha value is -2.54. The molecule has 0 atom stereocenters. The van der Waals surface area contributed by atoms with Crippen molar-refractivity contribution in [3.63, 3.8) is 0 Å². The third kappa shape index (κ3) is 5.49. The first-order valence-electron chi connectivity index (χ1n) is 7.81. The van der Waals surface area contributed by atoms with Gasteiger partial charge in [-0.05, 0) is 56.7 Å². The smallest absolute Gasteiger partial charge is 0.255 e. The average molecular weight is 362 g/mol. The first-order chi connectivity index (χ1) is 11.7. The molecule has 0 unspecified atom stereocenters. The van der Waals surface area contributed by atoms with Gasteiger partial charge in [0.1, 0.15) is 5.75 Å². The quantitative estimate of drug-likeness (QED) is 0.825. The molecule has 0 aliphatic carbocycles. The van der Waals surface area contributed by atoms with E-state index in [1.807, 2.05) is 26.0 Å². The van der Waals surface area contributed by atoms with E-state index in [0.29, 0.717) is 28.3 Å². The number of hydrogen-bond acceptors (Lipinski definition) is 4. The molecule has 6 nitrogen and oxygen atoms in total. The second-order valence-electron chi connectivity index (χ2n) is 6.02. The van der Waals surface area contributed by atoms with Crippen molar-refractivity contribution in [2.24, 2.45) is 0 Å². The summed E-state index contributed by atoms with van der Waals surface area (Å²) in [6.07, 6.45) is 1.07. The van der Waals surface area contributed by atoms with E-state index in [2.05, 4.69) is 10.0 Å². The summed E-state index contributed by atoms with van der Waals surface area (Å²) in [5, 5.41) is 2.82. The molecule has 0 saturated carbocycles. The normalized spacial score (nSPS) is 11.2. The molecule has 2 N–H and O–H groups in total. The predicted octanol–water partition coefficient (Wildman–Crippen LogP) is 3.41. The Morgan fingerprint density at radius 3 is 2.36 bits per heavy atom. The number of nitrogens with one attached hydrogen (secondary N) is 2. The van der Waals surface area contributed by atoms with E-state index in [1.165, 1.54) is 0 Å². The summed E-state index contributed by atoms with van der Waals surface area (Å²) < 4.78 is 30.8. The van der Waals surface area contributed by atoms with Crippen molar-refractivity contribution in [3.8, 4) is 5.75 Å². The highest BCUT2D eigenvalue weighted by molar-refractivity contribution is 7.92. The number of anilines is 2. The highest BCUT2D eigenvalue weighted by Crippen LogP contribution is 2.26. The van der Waals surface area contributed by atoms with E-state index < -0.39 is 10.0 Å². The zero-order chi connectivity index (χ0) is 18.6. The van der Waals surface area contributed by atoms with E-state index in [-0.39, 0.29) is 12.0 Å². The number of ether oxygens (including phenoxy) is 1. The number of amides is 1. The maximum atomic E-state index is 12.5. The topological polar surface area (TPSA) is 84.5 Å². The van der Waals surface area contributed by atoms with Crippen LogP contribution in [0, 0.1) is 6.92 Å². The van der Waals surface area contributed by atoms with Gasteiger partial charge in [0.25, 0.3) is 5.91 Å². The van der Waals surface area contributed by atoms with Gasteiger partial charge < -0.3 is 10.1 Å². The first-order valence-corrected chi connectivity index (χ1v) is 9.70. The third-order valence-corrected chi connectivity index (χ3v) is 3.87. The molecule has 0 spiro atoms. The third-order valence-electron chi connectivity index (χ3n) is 3.28. The summed E-state index contributed by atoms with van der Waals surface area (Å²) in [6, 6.07) is 12.0. The van der Waals surface area contributed by atoms with E-state index in [1.54, 1.807) is 37.3 Å². The van der Waals surface area contributed by atoms with Crippen molar-refractivity contribution < 1.29 is 17.9 Å². The van der Waals surface area contributed by atoms with Crippen LogP contribution < -0.4 is 14.8 Å². The zero-order valence-electron chi connectivity index (χ0n) is 14.7. The molecule has 2 aromatic rings. The number of benzene rings is 2. The number of carbonyl (C=O) groups excluding carboxylic acids is 1. The minimum atomic E-state index is -3.37. The lowest BCUT2D eigenvalue weighted by Crippen LogP contribution is -2.15. The monoisotopic (exact) mass is 362 g/mol. The van der Waals surface area contributed by atoms with Crippen LogP contribution in [0.5, 0.6) is 5.75 Å². The zero-order valence-corrected chi connectivity index (χ0v) is 15.5. The molecule has 2 aromatic carbocycles. The number of carbonyl (C=O) groups is 1. The van der Waals surface area contributed by atoms with Crippen molar-refractivity contribution in [1.29, 1.82) is 0 Å². The average Bonchev–Trinajstić information content (AvgIpc) is 2.49. The highest BCUT2D eigenvalue weighted by Gasteiger charge is 2.13. The Balaban J connectivity index is 2.21. The van der Waals surface area contributed by atoms with Crippen LogP contribution in [0.1, 0.15) is 29.8 Å². The molecule has 7 heteroatoms. The van der Waals surface area contributed by atoms with E-state index in [0.717, 1.165) is 6.26 Å². The largest absolute Gasteiger partial charge is 0.489 e. The molecule has 0 heterocycles. The molecule has 0 aliphatic heterocycles. The first kappa shape index (κ1) is 18.8. The van der Waals surface area contributed by atoms with Gasteiger partial charge in [-0.1, -0.05) is 12.1 Å². The van der Waals surface area contributed by atoms with E-state index >= 15 is 0 Å². The maximum absolute atomic E-state index is 12.5. The van der Waals surface area contributed by atoms with E-state index in [9.17, 15) is 13.2 Å². The molecule has 0 bridgehead atoms. The van der Waals surface area contributed by atoms with Gasteiger partial charge >= 0.3 is 0 Å². The van der Waals surface area contributed by atoms with Gasteiger partial charge in [-0.25, -0.2) is 8.42 Å². The predicted molar refractivity (Wildman–Crippen MR) is 99.8 cm³/mol. The number of aryl methyl sites for hydroxylation is 1. The fourth-order valence-corrected chi connectivity index (χ4v) is 2.87. The molecule has 2 rings (SSSR count). The number of hydrogen-bond donors (Lipinski definition) is 2. The molecule has 134 valence electrons. The summed E-state index contributed by atoms with van der Waals surface area (Å²) in [7, 11) is -3.37. The lowest BCUT2D eigenvalue weighted by atomic mass is 10.1. The Kier molecular flexibility index (Phi) is 5.69. The summed E-state index contributed by atoms with van der Waals surface area (Å²) in [6.45, 7) is 5.56. The van der Waals surface area contributed by atoms with Gasteiger partial charge in [0.05, 0.1) is 23.7 Å². The Morgan fingerprint density at radius 2 is 1.76 bits per heavy atom. The molecule has 0 aromatic heterocycles. The molecule has 0 radical (unpaired) electrons. The summed E-state index contributed by atoms with van der Waals surface area (Å²) >= 11 is 0. The van der Waals surface area contributed by atoms with Crippen molar-refractivity contribution in [2.75, 3.05) is 16.3 Å². The Morgan fingerprint density at radius 1 is 1.08 bits per heavy atom. The minimum Gasteiger partial charge on any atom is -0.489 e. The van der Waals surface area contributed by atoms with Crippen LogP contribution in [0.25, 0.3) is 0 Å². The lowest BCUT2D eigenvalue weighted by molar-refractivity contribution is 0.102. The molecular weight excluding hydrogens is 340 g/mol. The molecule has 0 aliphatic rings. The van der Waals surface area contributed by atoms with Crippen LogP contribution in [0.15, 0.2) is 42.5 Å². The summed E-state index contributed by atoms with van der Waals surface area (Å²) in [5.41, 5.74) is 2.11. The van der Waals surface area contributed by atoms with Gasteiger partial charge in [0.2, 0.25) is 10.0 Å². The van der Waals surface area contributed by atoms with Crippen molar-refractivity contribution in [1.82, 2.24) is 0 Å². The maximum Gasteiger partial charge on any atom is 0.255 e. The Bertz CT molecular complexity index is 876. The highest BCUT2D eigenvalue weighted by atomic mass is 32.2. The van der Waals surface area contributed by atoms with Crippen LogP contribution in [-0.2, 0) is 10.0 Å². The standard InChI is InChI=1S/C18H22N2O4S/c1-12(2)24-17-8-6-5-7-16(17)19-18(21)14-9-10-15(13(3)11-14)20-25(4,22)23/h5-12,20H,1-4H3,(H,19,21). The number of para-hydroxylation sites is 2. The summed E-state index contributed by atoms with van der Waals surface area (Å²) in [5.74, 6) is 0.298. The van der Waals surface area contributed by atoms with Crippen molar-refractivity contribution in [2.45, 2.75) is 26.9 Å². The van der Waals surface area contributed by atoms with Crippen LogP contribution in [0.3, 0.4) is 0 Å². The van der Waals surface area contributed by atoms with Crippen LogP contribution >= 0.6 is 0 Å². The van der Waals surface area contributed by atoms with Gasteiger partial charge in [-0.3, -0.25) is 9.52 Å². The van der Waals surface area contributed by atoms with Crippen LogP contribution in [0.2, 0.25) is 0 Å². The fourth-order valence-electron chi connectivity index (χ4n) is 2.24. The number of sulfonamides is 1. The van der Waals surface area contributed by atoms with Gasteiger partial charge in [-0.2, -0.15) is 0 Å². The fraction of sp³-hybridized carbons (Fsp3) is 0.278. The SMILES string of the molecule is Cc1cc(C(=O)Nc2ccccc2OC(C)C)ccc1NS(C)(=O)=O. The van der Waals surface area contributed by atoms with Gasteiger partial charge in [0.15, 0.2) is 0 Å². The van der Waals surface area contributed by atoms with Gasteiger partial charge in [0, 0.05) is 5.56 Å². The number of rotatable bonds is 6. The molecule has 1 amide bonds. The molecule has 25 heavy (non-hydrogen) atoms. The minimum absolute atomic E-state index is 0.0124. The molecule has 0 fully saturated rings. The van der Waals surface area contributed by atoms with E-state index in [4.69, 9.17) is 4.74 Å². The van der Waals surface area contributed by atoms with Crippen molar-refractivity contribution >= 4 is 27.3 Å². The molecular formula is C18H22N2O4S. The summed E-state index contributed by atoms with van der Waals surface area (Å²) in [4.78, 5) is 12.5. The van der Waals surface area contributed by atoms with Crippen LogP contribution in [0.4, 0.5) is 11.4 Å². The second-order valence-corrected chi connectivity index (χ2v) is 7.77. The van der Waals surface area contributed by atoms with Crippen molar-refractivity contribution in [3.05, 3.63) is 53.6 Å². The molecule has 0 saturated heterocycles.